The lowest BCUT2D eigenvalue weighted by molar-refractivity contribution is -0.645. The highest BCUT2D eigenvalue weighted by Crippen LogP contribution is 2.34. The van der Waals surface area contributed by atoms with Crippen molar-refractivity contribution in [2.24, 2.45) is 12.5 Å². The third-order valence-electron chi connectivity index (χ3n) is 4.77. The van der Waals surface area contributed by atoms with Gasteiger partial charge in [0.05, 0.1) is 0 Å². The van der Waals surface area contributed by atoms with Gasteiger partial charge in [-0.3, -0.25) is 0 Å². The van der Waals surface area contributed by atoms with Gasteiger partial charge < -0.3 is 9.29 Å². The summed E-state index contributed by atoms with van der Waals surface area (Å²) in [6.45, 7) is 6.10. The van der Waals surface area contributed by atoms with E-state index in [0.717, 1.165) is 22.2 Å². The minimum atomic E-state index is -6.09. The summed E-state index contributed by atoms with van der Waals surface area (Å²) in [6.07, 6.45) is 9.40. The largest absolute Gasteiger partial charge is 0.741 e. The lowest BCUT2D eigenvalue weighted by Crippen LogP contribution is -2.28. The molecule has 2 heterocycles. The number of nitriles is 2. The van der Waals surface area contributed by atoms with E-state index < -0.39 is 15.6 Å². The Morgan fingerprint density at radius 1 is 1.08 bits per heavy atom. The number of nitrogens with zero attached hydrogens (tertiary/aromatic N) is 3. The van der Waals surface area contributed by atoms with E-state index in [4.69, 9.17) is 17.7 Å². The van der Waals surface area contributed by atoms with E-state index in [0.29, 0.717) is 11.3 Å². The Balaban J connectivity index is 0.000000493. The summed E-state index contributed by atoms with van der Waals surface area (Å²) < 4.78 is 67.0. The van der Waals surface area contributed by atoms with E-state index in [1.807, 2.05) is 64.2 Å². The second-order valence-electron chi connectivity index (χ2n) is 8.64. The first-order chi connectivity index (χ1) is 16.6. The Labute approximate surface area is 207 Å². The van der Waals surface area contributed by atoms with E-state index >= 15 is 0 Å². The molecule has 0 saturated carbocycles. The molecule has 0 fully saturated rings. The number of benzene rings is 1. The molecular weight excluding hydrogens is 495 g/mol. The van der Waals surface area contributed by atoms with Crippen LogP contribution in [-0.4, -0.2) is 18.5 Å². The van der Waals surface area contributed by atoms with Crippen LogP contribution in [0, 0.1) is 28.1 Å². The quantitative estimate of drug-likeness (QED) is 0.242. The number of allylic oxidation sites excluding steroid dienone is 6. The Morgan fingerprint density at radius 3 is 2.19 bits per heavy atom. The predicted octanol–water partition coefficient (Wildman–Crippen LogP) is 4.92. The van der Waals surface area contributed by atoms with Gasteiger partial charge in [0.2, 0.25) is 5.52 Å². The van der Waals surface area contributed by atoms with Crippen molar-refractivity contribution >= 4 is 27.1 Å². The number of rotatable bonds is 2. The molecular formula is C25H22F3N3O4S. The molecule has 0 N–H and O–H groups in total. The van der Waals surface area contributed by atoms with Crippen molar-refractivity contribution in [1.29, 1.82) is 10.5 Å². The van der Waals surface area contributed by atoms with Crippen LogP contribution in [0.2, 0.25) is 0 Å². The minimum Gasteiger partial charge on any atom is -0.741 e. The van der Waals surface area contributed by atoms with Crippen LogP contribution in [0.4, 0.5) is 13.2 Å². The first kappa shape index (κ1) is 28.3. The normalized spacial score (nSPS) is 14.1. The van der Waals surface area contributed by atoms with Crippen LogP contribution < -0.4 is 4.57 Å². The molecule has 7 nitrogen and oxygen atoms in total. The molecule has 0 aliphatic carbocycles. The van der Waals surface area contributed by atoms with Gasteiger partial charge in [-0.1, -0.05) is 32.9 Å². The van der Waals surface area contributed by atoms with Crippen LogP contribution in [0.15, 0.2) is 77.4 Å². The van der Waals surface area contributed by atoms with Crippen molar-refractivity contribution in [2.45, 2.75) is 26.3 Å². The molecule has 0 amide bonds. The maximum Gasteiger partial charge on any atom is 0.485 e. The maximum atomic E-state index is 10.7. The number of pyridine rings is 1. The summed E-state index contributed by atoms with van der Waals surface area (Å²) >= 11 is 0. The second-order valence-corrected chi connectivity index (χ2v) is 10.0. The van der Waals surface area contributed by atoms with Gasteiger partial charge in [0, 0.05) is 28.0 Å². The van der Waals surface area contributed by atoms with Gasteiger partial charge in [-0.05, 0) is 36.4 Å². The highest BCUT2D eigenvalue weighted by atomic mass is 32.2. The van der Waals surface area contributed by atoms with Gasteiger partial charge in [0.1, 0.15) is 36.3 Å². The molecule has 1 aromatic carbocycles. The molecule has 1 aliphatic rings. The van der Waals surface area contributed by atoms with E-state index in [-0.39, 0.29) is 11.0 Å². The van der Waals surface area contributed by atoms with Crippen LogP contribution in [0.3, 0.4) is 0 Å². The Morgan fingerprint density at radius 2 is 1.67 bits per heavy atom. The smallest absolute Gasteiger partial charge is 0.485 e. The molecule has 2 aromatic rings. The zero-order valence-electron chi connectivity index (χ0n) is 19.8. The van der Waals surface area contributed by atoms with Crippen molar-refractivity contribution in [3.63, 3.8) is 0 Å². The van der Waals surface area contributed by atoms with Gasteiger partial charge in [0.25, 0.3) is 0 Å². The van der Waals surface area contributed by atoms with Gasteiger partial charge in [0.15, 0.2) is 16.3 Å². The average molecular weight is 518 g/mol. The summed E-state index contributed by atoms with van der Waals surface area (Å²) in [5.41, 5.74) is -3.05. The lowest BCUT2D eigenvalue weighted by Gasteiger charge is -2.26. The molecule has 1 aromatic heterocycles. The Bertz CT molecular complexity index is 1470. The number of para-hydroxylation sites is 1. The molecule has 0 saturated heterocycles. The van der Waals surface area contributed by atoms with Crippen LogP contribution in [0.5, 0.6) is 0 Å². The van der Waals surface area contributed by atoms with Crippen LogP contribution >= 0.6 is 0 Å². The number of halogens is 3. The highest BCUT2D eigenvalue weighted by Gasteiger charge is 2.36. The topological polar surface area (TPSA) is 118 Å². The van der Waals surface area contributed by atoms with Crippen molar-refractivity contribution < 1.29 is 35.4 Å². The van der Waals surface area contributed by atoms with Crippen molar-refractivity contribution in [1.82, 2.24) is 0 Å². The van der Waals surface area contributed by atoms with E-state index in [1.165, 1.54) is 0 Å². The number of aryl methyl sites for hydroxylation is 1. The third kappa shape index (κ3) is 7.28. The summed E-state index contributed by atoms with van der Waals surface area (Å²) in [7, 11) is -4.07. The summed E-state index contributed by atoms with van der Waals surface area (Å²) in [5, 5.41) is 19.6. The van der Waals surface area contributed by atoms with Gasteiger partial charge in [-0.25, -0.2) is 13.0 Å². The molecule has 1 aliphatic heterocycles. The Kier molecular flexibility index (Phi) is 8.47. The minimum absolute atomic E-state index is 0.0769. The van der Waals surface area contributed by atoms with E-state index in [2.05, 4.69) is 29.0 Å². The molecule has 3 rings (SSSR count). The van der Waals surface area contributed by atoms with Crippen LogP contribution in [-0.2, 0) is 21.9 Å². The number of hydrogen-bond donors (Lipinski definition) is 0. The SMILES string of the molecule is C[n+]1cc(/C=C/C2=CC(=C(C#N)C#N)C=C(C(C)(C)C)O2)cc2ccccc21.O=S(=O)([O-])C(F)(F)F. The van der Waals surface area contributed by atoms with Crippen molar-refractivity contribution in [3.8, 4) is 12.1 Å². The fraction of sp³-hybridized carbons (Fsp3) is 0.240. The first-order valence-corrected chi connectivity index (χ1v) is 11.7. The average Bonchev–Trinajstić information content (AvgIpc) is 2.77. The number of aromatic nitrogens is 1. The summed E-state index contributed by atoms with van der Waals surface area (Å²) in [5.74, 6) is 1.32. The molecule has 0 spiro atoms. The maximum absolute atomic E-state index is 10.7. The van der Waals surface area contributed by atoms with Gasteiger partial charge in [-0.15, -0.1) is 0 Å². The molecule has 36 heavy (non-hydrogen) atoms. The fourth-order valence-corrected chi connectivity index (χ4v) is 2.98. The summed E-state index contributed by atoms with van der Waals surface area (Å²) in [4.78, 5) is 0. The zero-order chi connectivity index (χ0) is 27.3. The van der Waals surface area contributed by atoms with Crippen LogP contribution in [0.1, 0.15) is 26.3 Å². The van der Waals surface area contributed by atoms with Gasteiger partial charge in [-0.2, -0.15) is 23.7 Å². The zero-order valence-corrected chi connectivity index (χ0v) is 20.6. The molecule has 0 radical (unpaired) electrons. The first-order valence-electron chi connectivity index (χ1n) is 10.3. The predicted molar refractivity (Wildman–Crippen MR) is 125 cm³/mol. The molecule has 0 bridgehead atoms. The fourth-order valence-electron chi connectivity index (χ4n) is 2.98. The molecule has 0 unspecified atom stereocenters. The monoisotopic (exact) mass is 517 g/mol. The Hall–Kier alpha value is -3.93. The lowest BCUT2D eigenvalue weighted by atomic mass is 9.90. The van der Waals surface area contributed by atoms with E-state index in [1.54, 1.807) is 12.2 Å². The van der Waals surface area contributed by atoms with Crippen LogP contribution in [0.25, 0.3) is 17.0 Å². The number of ether oxygens (including phenoxy) is 1. The van der Waals surface area contributed by atoms with Crippen molar-refractivity contribution in [3.05, 3.63) is 83.0 Å². The highest BCUT2D eigenvalue weighted by molar-refractivity contribution is 7.86. The molecule has 0 atom stereocenters. The number of hydrogen-bond acceptors (Lipinski definition) is 6. The standard InChI is InChI=1S/C24H22N3O.CHF3O3S/c1-24(2,3)23-13-19(20(14-25)15-26)12-21(28-23)10-9-17-11-18-7-5-6-8-22(18)27(4)16-17;2-1(3,4)8(5,6)7/h5-13,16H,1-4H3;(H,5,6,7)/q+1;/p-1/b10-9+;. The summed E-state index contributed by atoms with van der Waals surface area (Å²) in [6, 6.07) is 14.2. The molecule has 11 heteroatoms. The second kappa shape index (κ2) is 10.8. The third-order valence-corrected chi connectivity index (χ3v) is 5.34. The number of fused-ring (bicyclic) bond motifs is 1. The van der Waals surface area contributed by atoms with E-state index in [9.17, 15) is 23.7 Å². The molecule has 188 valence electrons. The van der Waals surface area contributed by atoms with Gasteiger partial charge >= 0.3 is 5.51 Å². The number of alkyl halides is 3. The van der Waals surface area contributed by atoms with Crippen molar-refractivity contribution in [2.75, 3.05) is 0 Å².